The average molecular weight is 247 g/mol. The third-order valence-corrected chi connectivity index (χ3v) is 3.55. The first kappa shape index (κ1) is 12.9. The number of nitrogens with zero attached hydrogens (tertiary/aromatic N) is 1. The molecule has 3 N–H and O–H groups in total. The third kappa shape index (κ3) is 2.20. The van der Waals surface area contributed by atoms with Gasteiger partial charge in [0, 0.05) is 24.8 Å². The molecule has 1 heterocycles. The maximum Gasteiger partial charge on any atom is 0.244 e. The standard InChI is InChI=1S/C14H21N3O/c1-9-4-5-10(2)12(6-9)17-11(3)8-16-14(18)13(17)7-15/h4-6,11,13H,7-8,15H2,1-3H3,(H,16,18). The first-order chi connectivity index (χ1) is 8.54. The second-order valence-corrected chi connectivity index (χ2v) is 5.04. The van der Waals surface area contributed by atoms with E-state index in [2.05, 4.69) is 49.2 Å². The minimum atomic E-state index is -0.269. The SMILES string of the molecule is Cc1ccc(C)c(N2C(C)CNC(=O)C2CN)c1. The lowest BCUT2D eigenvalue weighted by molar-refractivity contribution is -0.123. The molecule has 0 aliphatic carbocycles. The second kappa shape index (κ2) is 4.98. The summed E-state index contributed by atoms with van der Waals surface area (Å²) >= 11 is 0. The number of anilines is 1. The Hall–Kier alpha value is -1.55. The zero-order valence-corrected chi connectivity index (χ0v) is 11.2. The summed E-state index contributed by atoms with van der Waals surface area (Å²) in [5, 5.41) is 2.91. The van der Waals surface area contributed by atoms with Gasteiger partial charge in [0.25, 0.3) is 0 Å². The van der Waals surface area contributed by atoms with Crippen molar-refractivity contribution < 1.29 is 4.79 Å². The molecular formula is C14H21N3O. The first-order valence-corrected chi connectivity index (χ1v) is 6.38. The van der Waals surface area contributed by atoms with E-state index in [1.165, 1.54) is 11.1 Å². The van der Waals surface area contributed by atoms with Gasteiger partial charge in [-0.05, 0) is 38.0 Å². The Morgan fingerprint density at radius 1 is 1.44 bits per heavy atom. The summed E-state index contributed by atoms with van der Waals surface area (Å²) in [6.07, 6.45) is 0. The summed E-state index contributed by atoms with van der Waals surface area (Å²) in [5.74, 6) is 0.0245. The van der Waals surface area contributed by atoms with Crippen LogP contribution in [-0.2, 0) is 4.79 Å². The fourth-order valence-corrected chi connectivity index (χ4v) is 2.52. The van der Waals surface area contributed by atoms with Gasteiger partial charge in [0.1, 0.15) is 6.04 Å². The normalized spacial score (nSPS) is 24.0. The van der Waals surface area contributed by atoms with Gasteiger partial charge >= 0.3 is 0 Å². The molecule has 0 aromatic heterocycles. The topological polar surface area (TPSA) is 58.4 Å². The Bertz CT molecular complexity index is 458. The van der Waals surface area contributed by atoms with E-state index in [1.54, 1.807) is 0 Å². The molecule has 2 unspecified atom stereocenters. The van der Waals surface area contributed by atoms with Gasteiger partial charge in [-0.3, -0.25) is 4.79 Å². The molecule has 0 radical (unpaired) electrons. The van der Waals surface area contributed by atoms with Crippen LogP contribution in [0.25, 0.3) is 0 Å². The van der Waals surface area contributed by atoms with Crippen LogP contribution in [0.15, 0.2) is 18.2 Å². The molecule has 98 valence electrons. The summed E-state index contributed by atoms with van der Waals surface area (Å²) in [6, 6.07) is 6.31. The number of rotatable bonds is 2. The van der Waals surface area contributed by atoms with Crippen molar-refractivity contribution >= 4 is 11.6 Å². The van der Waals surface area contributed by atoms with E-state index in [1.807, 2.05) is 0 Å². The van der Waals surface area contributed by atoms with E-state index >= 15 is 0 Å². The lowest BCUT2D eigenvalue weighted by atomic mass is 10.0. The number of aryl methyl sites for hydroxylation is 2. The summed E-state index contributed by atoms with van der Waals surface area (Å²) in [4.78, 5) is 14.1. The molecule has 0 saturated carbocycles. The number of piperazine rings is 1. The smallest absolute Gasteiger partial charge is 0.244 e. The lowest BCUT2D eigenvalue weighted by Gasteiger charge is -2.42. The van der Waals surface area contributed by atoms with Crippen LogP contribution in [0.5, 0.6) is 0 Å². The predicted octanol–water partition coefficient (Wildman–Crippen LogP) is 0.955. The predicted molar refractivity (Wildman–Crippen MR) is 73.7 cm³/mol. The van der Waals surface area contributed by atoms with Gasteiger partial charge < -0.3 is 16.0 Å². The van der Waals surface area contributed by atoms with Crippen molar-refractivity contribution in [3.63, 3.8) is 0 Å². The quantitative estimate of drug-likeness (QED) is 0.818. The van der Waals surface area contributed by atoms with Crippen molar-refractivity contribution in [3.05, 3.63) is 29.3 Å². The summed E-state index contributed by atoms with van der Waals surface area (Å²) in [6.45, 7) is 7.26. The van der Waals surface area contributed by atoms with E-state index in [0.29, 0.717) is 13.1 Å². The molecule has 1 aliphatic rings. The van der Waals surface area contributed by atoms with Crippen LogP contribution in [-0.4, -0.2) is 31.1 Å². The number of hydrogen-bond donors (Lipinski definition) is 2. The molecule has 1 aliphatic heterocycles. The van der Waals surface area contributed by atoms with Crippen molar-refractivity contribution in [2.75, 3.05) is 18.0 Å². The van der Waals surface area contributed by atoms with E-state index in [4.69, 9.17) is 5.73 Å². The second-order valence-electron chi connectivity index (χ2n) is 5.04. The minimum absolute atomic E-state index is 0.0245. The highest BCUT2D eigenvalue weighted by atomic mass is 16.2. The molecule has 0 spiro atoms. The molecule has 1 amide bonds. The Kier molecular flexibility index (Phi) is 3.57. The maximum atomic E-state index is 11.9. The maximum absolute atomic E-state index is 11.9. The highest BCUT2D eigenvalue weighted by Gasteiger charge is 2.33. The van der Waals surface area contributed by atoms with Crippen molar-refractivity contribution in [1.82, 2.24) is 5.32 Å². The highest BCUT2D eigenvalue weighted by molar-refractivity contribution is 5.87. The fraction of sp³-hybridized carbons (Fsp3) is 0.500. The number of benzene rings is 1. The van der Waals surface area contributed by atoms with Gasteiger partial charge in [-0.2, -0.15) is 0 Å². The Morgan fingerprint density at radius 2 is 2.17 bits per heavy atom. The van der Waals surface area contributed by atoms with Crippen molar-refractivity contribution in [2.45, 2.75) is 32.9 Å². The van der Waals surface area contributed by atoms with Gasteiger partial charge in [0.2, 0.25) is 5.91 Å². The van der Waals surface area contributed by atoms with Crippen molar-refractivity contribution in [1.29, 1.82) is 0 Å². The molecule has 1 saturated heterocycles. The van der Waals surface area contributed by atoms with Crippen LogP contribution in [0.1, 0.15) is 18.1 Å². The zero-order valence-electron chi connectivity index (χ0n) is 11.2. The molecule has 4 heteroatoms. The molecule has 4 nitrogen and oxygen atoms in total. The molecule has 1 aromatic carbocycles. The van der Waals surface area contributed by atoms with E-state index in [9.17, 15) is 4.79 Å². The number of carbonyl (C=O) groups excluding carboxylic acids is 1. The van der Waals surface area contributed by atoms with E-state index < -0.39 is 0 Å². The lowest BCUT2D eigenvalue weighted by Crippen LogP contribution is -2.62. The van der Waals surface area contributed by atoms with Crippen LogP contribution in [0.4, 0.5) is 5.69 Å². The molecular weight excluding hydrogens is 226 g/mol. The van der Waals surface area contributed by atoms with E-state index in [0.717, 1.165) is 5.69 Å². The summed E-state index contributed by atoms with van der Waals surface area (Å²) in [7, 11) is 0. The zero-order chi connectivity index (χ0) is 13.3. The van der Waals surface area contributed by atoms with E-state index in [-0.39, 0.29) is 18.0 Å². The van der Waals surface area contributed by atoms with Crippen LogP contribution in [0, 0.1) is 13.8 Å². The Labute approximate surface area is 108 Å². The Morgan fingerprint density at radius 3 is 2.83 bits per heavy atom. The monoisotopic (exact) mass is 247 g/mol. The van der Waals surface area contributed by atoms with Crippen molar-refractivity contribution in [3.8, 4) is 0 Å². The fourth-order valence-electron chi connectivity index (χ4n) is 2.52. The number of hydrogen-bond acceptors (Lipinski definition) is 3. The van der Waals surface area contributed by atoms with Gasteiger partial charge in [-0.15, -0.1) is 0 Å². The third-order valence-electron chi connectivity index (χ3n) is 3.55. The highest BCUT2D eigenvalue weighted by Crippen LogP contribution is 2.27. The van der Waals surface area contributed by atoms with Crippen molar-refractivity contribution in [2.24, 2.45) is 5.73 Å². The van der Waals surface area contributed by atoms with Gasteiger partial charge in [-0.1, -0.05) is 12.1 Å². The van der Waals surface area contributed by atoms with Gasteiger partial charge in [0.15, 0.2) is 0 Å². The summed E-state index contributed by atoms with van der Waals surface area (Å²) < 4.78 is 0. The van der Waals surface area contributed by atoms with Crippen LogP contribution in [0.2, 0.25) is 0 Å². The number of nitrogens with one attached hydrogen (secondary N) is 1. The number of amides is 1. The summed E-state index contributed by atoms with van der Waals surface area (Å²) in [5.41, 5.74) is 9.27. The molecule has 2 atom stereocenters. The average Bonchev–Trinajstić information content (AvgIpc) is 2.35. The Balaban J connectivity index is 2.44. The number of nitrogens with two attached hydrogens (primary N) is 1. The molecule has 1 aromatic rings. The van der Waals surface area contributed by atoms with Crippen LogP contribution >= 0.6 is 0 Å². The molecule has 1 fully saturated rings. The van der Waals surface area contributed by atoms with Crippen LogP contribution in [0.3, 0.4) is 0 Å². The van der Waals surface area contributed by atoms with Gasteiger partial charge in [0.05, 0.1) is 0 Å². The largest absolute Gasteiger partial charge is 0.354 e. The molecule has 18 heavy (non-hydrogen) atoms. The first-order valence-electron chi connectivity index (χ1n) is 6.38. The van der Waals surface area contributed by atoms with Crippen LogP contribution < -0.4 is 16.0 Å². The van der Waals surface area contributed by atoms with Gasteiger partial charge in [-0.25, -0.2) is 0 Å². The molecule has 2 rings (SSSR count). The minimum Gasteiger partial charge on any atom is -0.354 e. The molecule has 0 bridgehead atoms. The number of carbonyl (C=O) groups is 1.